The van der Waals surface area contributed by atoms with Crippen molar-refractivity contribution in [1.82, 2.24) is 14.5 Å². The Morgan fingerprint density at radius 3 is 2.67 bits per heavy atom. The van der Waals surface area contributed by atoms with Crippen LogP contribution in [0.5, 0.6) is 0 Å². The first-order valence-electron chi connectivity index (χ1n) is 14.7. The van der Waals surface area contributed by atoms with E-state index in [4.69, 9.17) is 19.4 Å². The minimum atomic E-state index is 0.00818. The maximum absolute atomic E-state index is 9.76. The SMILES string of the molecule is COC1=C(CN(Cc2ccccc2)c2nc(-n3c(C)cc4c(C#N)cccc43)nc3c2CCC[C@@H]3C)C=CC(OC)C1. The molecule has 0 amide bonds. The lowest BCUT2D eigenvalue weighted by Gasteiger charge is -2.32. The van der Waals surface area contributed by atoms with Gasteiger partial charge in [-0.05, 0) is 55.9 Å². The van der Waals surface area contributed by atoms with Crippen molar-refractivity contribution in [3.63, 3.8) is 0 Å². The summed E-state index contributed by atoms with van der Waals surface area (Å²) < 4.78 is 13.6. The number of hydrogen-bond donors (Lipinski definition) is 0. The van der Waals surface area contributed by atoms with Gasteiger partial charge in [0.05, 0.1) is 36.1 Å². The van der Waals surface area contributed by atoms with Crippen LogP contribution in [-0.4, -0.2) is 41.4 Å². The van der Waals surface area contributed by atoms with Gasteiger partial charge >= 0.3 is 0 Å². The van der Waals surface area contributed by atoms with Crippen molar-refractivity contribution in [3.8, 4) is 12.0 Å². The van der Waals surface area contributed by atoms with Gasteiger partial charge < -0.3 is 14.4 Å². The van der Waals surface area contributed by atoms with Gasteiger partial charge in [0.1, 0.15) is 11.6 Å². The first kappa shape index (κ1) is 27.7. The minimum absolute atomic E-state index is 0.00818. The fraction of sp³-hybridized carbons (Fsp3) is 0.343. The molecule has 0 aliphatic heterocycles. The fourth-order valence-electron chi connectivity index (χ4n) is 6.36. The highest BCUT2D eigenvalue weighted by Gasteiger charge is 2.28. The molecule has 0 saturated heterocycles. The Labute approximate surface area is 247 Å². The molecule has 0 N–H and O–H groups in total. The third-order valence-electron chi connectivity index (χ3n) is 8.57. The predicted molar refractivity (Wildman–Crippen MR) is 166 cm³/mol. The zero-order chi connectivity index (χ0) is 29.2. The quantitative estimate of drug-likeness (QED) is 0.233. The van der Waals surface area contributed by atoms with Gasteiger partial charge in [0.15, 0.2) is 0 Å². The molecule has 0 saturated carbocycles. The standard InChI is InChI=1S/C35H37N5O2/c1-23-10-8-14-29-33(23)37-35(40-24(2)18-30-26(20-36)13-9-15-31(30)40)38-34(29)39(21-25-11-6-5-7-12-25)22-27-16-17-28(41-3)19-32(27)42-4/h5-7,9,11-13,15-18,23,28H,8,10,14,19,21-22H2,1-4H3/t23-,28?/m0/s1. The second-order valence-corrected chi connectivity index (χ2v) is 11.3. The molecular formula is C35H37N5O2. The lowest BCUT2D eigenvalue weighted by atomic mass is 9.87. The maximum Gasteiger partial charge on any atom is 0.236 e. The van der Waals surface area contributed by atoms with E-state index in [0.29, 0.717) is 36.9 Å². The van der Waals surface area contributed by atoms with E-state index in [1.54, 1.807) is 14.2 Å². The summed E-state index contributed by atoms with van der Waals surface area (Å²) in [6.07, 6.45) is 8.13. The zero-order valence-electron chi connectivity index (χ0n) is 24.8. The molecule has 7 heteroatoms. The van der Waals surface area contributed by atoms with Gasteiger partial charge in [-0.15, -0.1) is 0 Å². The van der Waals surface area contributed by atoms with E-state index in [9.17, 15) is 5.26 Å². The predicted octanol–water partition coefficient (Wildman–Crippen LogP) is 6.92. The number of aromatic nitrogens is 3. The molecule has 2 aliphatic rings. The molecular weight excluding hydrogens is 522 g/mol. The number of fused-ring (bicyclic) bond motifs is 2. The molecule has 0 fully saturated rings. The summed E-state index contributed by atoms with van der Waals surface area (Å²) in [5.74, 6) is 2.89. The number of nitriles is 1. The van der Waals surface area contributed by atoms with Crippen molar-refractivity contribution < 1.29 is 9.47 Å². The number of benzene rings is 2. The molecule has 2 heterocycles. The van der Waals surface area contributed by atoms with Crippen molar-refractivity contribution in [1.29, 1.82) is 5.26 Å². The van der Waals surface area contributed by atoms with Crippen LogP contribution in [0.25, 0.3) is 16.9 Å². The Hall–Kier alpha value is -4.41. The highest BCUT2D eigenvalue weighted by Crippen LogP contribution is 2.37. The summed E-state index contributed by atoms with van der Waals surface area (Å²) in [6.45, 7) is 5.68. The molecule has 0 radical (unpaired) electrons. The third kappa shape index (κ3) is 5.19. The van der Waals surface area contributed by atoms with Gasteiger partial charge in [0.2, 0.25) is 5.95 Å². The molecule has 214 valence electrons. The van der Waals surface area contributed by atoms with Crippen LogP contribution in [-0.2, 0) is 22.4 Å². The van der Waals surface area contributed by atoms with Crippen LogP contribution in [0.1, 0.15) is 60.2 Å². The first-order valence-corrected chi connectivity index (χ1v) is 14.7. The zero-order valence-corrected chi connectivity index (χ0v) is 24.8. The van der Waals surface area contributed by atoms with E-state index >= 15 is 0 Å². The summed E-state index contributed by atoms with van der Waals surface area (Å²) in [5, 5.41) is 10.7. The Balaban J connectivity index is 1.53. The van der Waals surface area contributed by atoms with Gasteiger partial charge in [-0.2, -0.15) is 10.2 Å². The number of rotatable bonds is 8. The Bertz CT molecular complexity index is 1710. The largest absolute Gasteiger partial charge is 0.501 e. The van der Waals surface area contributed by atoms with Crippen LogP contribution in [0.4, 0.5) is 5.82 Å². The van der Waals surface area contributed by atoms with E-state index in [2.05, 4.69) is 77.9 Å². The van der Waals surface area contributed by atoms with Gasteiger partial charge in [-0.25, -0.2) is 4.98 Å². The Kier molecular flexibility index (Phi) is 7.82. The molecule has 0 bridgehead atoms. The second-order valence-electron chi connectivity index (χ2n) is 11.3. The summed E-state index contributed by atoms with van der Waals surface area (Å²) in [4.78, 5) is 13.0. The van der Waals surface area contributed by atoms with Crippen molar-refractivity contribution >= 4 is 16.7 Å². The highest BCUT2D eigenvalue weighted by atomic mass is 16.5. The number of aryl methyl sites for hydroxylation is 1. The number of anilines is 1. The van der Waals surface area contributed by atoms with Gasteiger partial charge in [-0.1, -0.05) is 55.5 Å². The van der Waals surface area contributed by atoms with Gasteiger partial charge in [0.25, 0.3) is 0 Å². The van der Waals surface area contributed by atoms with Crippen LogP contribution in [0, 0.1) is 18.3 Å². The number of ether oxygens (including phenoxy) is 2. The fourth-order valence-corrected chi connectivity index (χ4v) is 6.36. The first-order chi connectivity index (χ1) is 20.5. The van der Waals surface area contributed by atoms with Gasteiger partial charge in [-0.3, -0.25) is 4.57 Å². The topological polar surface area (TPSA) is 76.2 Å². The van der Waals surface area contributed by atoms with Crippen LogP contribution in [0.3, 0.4) is 0 Å². The lowest BCUT2D eigenvalue weighted by Crippen LogP contribution is -2.31. The molecule has 0 spiro atoms. The summed E-state index contributed by atoms with van der Waals surface area (Å²) in [5.41, 5.74) is 7.30. The second kappa shape index (κ2) is 11.8. The third-order valence-corrected chi connectivity index (χ3v) is 8.57. The van der Waals surface area contributed by atoms with Crippen molar-refractivity contribution in [2.45, 2.75) is 58.1 Å². The van der Waals surface area contributed by atoms with E-state index in [0.717, 1.165) is 58.7 Å². The molecule has 2 aromatic heterocycles. The average Bonchev–Trinajstić information content (AvgIpc) is 3.37. The smallest absolute Gasteiger partial charge is 0.236 e. The van der Waals surface area contributed by atoms with E-state index in [-0.39, 0.29) is 6.10 Å². The number of hydrogen-bond acceptors (Lipinski definition) is 6. The lowest BCUT2D eigenvalue weighted by molar-refractivity contribution is 0.120. The molecule has 2 atom stereocenters. The van der Waals surface area contributed by atoms with Crippen LogP contribution < -0.4 is 4.90 Å². The summed E-state index contributed by atoms with van der Waals surface area (Å²) in [6, 6.07) is 20.8. The van der Waals surface area contributed by atoms with Crippen LogP contribution in [0.15, 0.2) is 78.1 Å². The Morgan fingerprint density at radius 2 is 1.90 bits per heavy atom. The molecule has 6 rings (SSSR count). The van der Waals surface area contributed by atoms with Crippen molar-refractivity contribution in [3.05, 3.63) is 106 Å². The number of nitrogens with zero attached hydrogens (tertiary/aromatic N) is 5. The van der Waals surface area contributed by atoms with E-state index < -0.39 is 0 Å². The van der Waals surface area contributed by atoms with Gasteiger partial charge in [0, 0.05) is 48.8 Å². The van der Waals surface area contributed by atoms with Crippen molar-refractivity contribution in [2.24, 2.45) is 0 Å². The van der Waals surface area contributed by atoms with Crippen molar-refractivity contribution in [2.75, 3.05) is 25.7 Å². The molecule has 2 aliphatic carbocycles. The maximum atomic E-state index is 9.76. The molecule has 42 heavy (non-hydrogen) atoms. The van der Waals surface area contributed by atoms with E-state index in [1.807, 2.05) is 18.2 Å². The monoisotopic (exact) mass is 559 g/mol. The average molecular weight is 560 g/mol. The molecule has 4 aromatic rings. The molecule has 7 nitrogen and oxygen atoms in total. The van der Waals surface area contributed by atoms with Crippen LogP contribution >= 0.6 is 0 Å². The van der Waals surface area contributed by atoms with E-state index in [1.165, 1.54) is 11.1 Å². The minimum Gasteiger partial charge on any atom is -0.501 e. The molecule has 1 unspecified atom stereocenters. The normalized spacial score (nSPS) is 18.2. The molecule has 2 aromatic carbocycles. The number of methoxy groups -OCH3 is 2. The highest BCUT2D eigenvalue weighted by molar-refractivity contribution is 5.88. The summed E-state index contributed by atoms with van der Waals surface area (Å²) in [7, 11) is 3.47. The van der Waals surface area contributed by atoms with Crippen LogP contribution in [0.2, 0.25) is 0 Å². The Morgan fingerprint density at radius 1 is 1.07 bits per heavy atom. The summed E-state index contributed by atoms with van der Waals surface area (Å²) >= 11 is 0.